The van der Waals surface area contributed by atoms with Crippen molar-refractivity contribution < 1.29 is 0 Å². The smallest absolute Gasteiger partial charge is 0.146 e. The van der Waals surface area contributed by atoms with Gasteiger partial charge in [0.05, 0.1) is 5.56 Å². The minimum atomic E-state index is 0.538. The molecular weight excluding hydrogens is 274 g/mol. The Hall–Kier alpha value is -2.61. The number of anilines is 2. The van der Waals surface area contributed by atoms with E-state index in [0.29, 0.717) is 11.5 Å². The van der Waals surface area contributed by atoms with Gasteiger partial charge in [-0.3, -0.25) is 0 Å². The monoisotopic (exact) mass is 293 g/mol. The molecule has 0 bridgehead atoms. The molecule has 1 aliphatic heterocycles. The lowest BCUT2D eigenvalue weighted by molar-refractivity contribution is 0.621. The standard InChI is InChI=1S/C17H19N5/c1-13-4-7-19-16(9-13)21-11-14-5-8-22(12-14)17-15(10-18)3-2-6-20-17/h2-4,6-7,9,14H,5,8,11-12H2,1H3,(H,19,21). The predicted octanol–water partition coefficient (Wildman–Crippen LogP) is 2.60. The predicted molar refractivity (Wildman–Crippen MR) is 86.7 cm³/mol. The summed E-state index contributed by atoms with van der Waals surface area (Å²) in [5.74, 6) is 2.27. The van der Waals surface area contributed by atoms with E-state index in [2.05, 4.69) is 39.2 Å². The number of hydrogen-bond donors (Lipinski definition) is 1. The number of pyridine rings is 2. The van der Waals surface area contributed by atoms with Gasteiger partial charge in [0.25, 0.3) is 0 Å². The fourth-order valence-corrected chi connectivity index (χ4v) is 2.81. The molecule has 1 unspecified atom stereocenters. The largest absolute Gasteiger partial charge is 0.370 e. The van der Waals surface area contributed by atoms with Gasteiger partial charge in [0.2, 0.25) is 0 Å². The summed E-state index contributed by atoms with van der Waals surface area (Å²) in [4.78, 5) is 10.9. The maximum Gasteiger partial charge on any atom is 0.146 e. The lowest BCUT2D eigenvalue weighted by Gasteiger charge is -2.18. The average Bonchev–Trinajstić information content (AvgIpc) is 3.02. The average molecular weight is 293 g/mol. The molecule has 1 N–H and O–H groups in total. The number of nitriles is 1. The second-order valence-electron chi connectivity index (χ2n) is 5.69. The van der Waals surface area contributed by atoms with Crippen molar-refractivity contribution >= 4 is 11.6 Å². The summed E-state index contributed by atoms with van der Waals surface area (Å²) in [6.07, 6.45) is 4.67. The summed E-state index contributed by atoms with van der Waals surface area (Å²) in [6, 6.07) is 9.90. The van der Waals surface area contributed by atoms with Gasteiger partial charge in [-0.05, 0) is 49.1 Å². The van der Waals surface area contributed by atoms with E-state index in [9.17, 15) is 5.26 Å². The van der Waals surface area contributed by atoms with Crippen molar-refractivity contribution in [2.45, 2.75) is 13.3 Å². The van der Waals surface area contributed by atoms with Crippen LogP contribution in [0.25, 0.3) is 0 Å². The van der Waals surface area contributed by atoms with E-state index in [1.54, 1.807) is 12.3 Å². The number of nitrogens with zero attached hydrogens (tertiary/aromatic N) is 4. The Morgan fingerprint density at radius 3 is 3.09 bits per heavy atom. The van der Waals surface area contributed by atoms with Crippen LogP contribution in [-0.4, -0.2) is 29.6 Å². The normalized spacial score (nSPS) is 17.3. The minimum Gasteiger partial charge on any atom is -0.370 e. The van der Waals surface area contributed by atoms with Crippen molar-refractivity contribution in [3.8, 4) is 6.07 Å². The van der Waals surface area contributed by atoms with Crippen molar-refractivity contribution in [1.29, 1.82) is 5.26 Å². The number of rotatable bonds is 4. The Morgan fingerprint density at radius 1 is 1.36 bits per heavy atom. The van der Waals surface area contributed by atoms with Crippen LogP contribution < -0.4 is 10.2 Å². The Kier molecular flexibility index (Phi) is 4.19. The summed E-state index contributed by atoms with van der Waals surface area (Å²) in [5, 5.41) is 12.6. The molecule has 112 valence electrons. The van der Waals surface area contributed by atoms with Gasteiger partial charge >= 0.3 is 0 Å². The zero-order valence-corrected chi connectivity index (χ0v) is 12.7. The van der Waals surface area contributed by atoms with E-state index in [1.807, 2.05) is 18.3 Å². The summed E-state index contributed by atoms with van der Waals surface area (Å²) >= 11 is 0. The quantitative estimate of drug-likeness (QED) is 0.938. The van der Waals surface area contributed by atoms with E-state index < -0.39 is 0 Å². The van der Waals surface area contributed by atoms with Gasteiger partial charge in [-0.15, -0.1) is 0 Å². The minimum absolute atomic E-state index is 0.538. The van der Waals surface area contributed by atoms with E-state index in [-0.39, 0.29) is 0 Å². The molecule has 1 saturated heterocycles. The van der Waals surface area contributed by atoms with E-state index in [4.69, 9.17) is 0 Å². The molecule has 1 atom stereocenters. The molecule has 3 heterocycles. The molecular formula is C17H19N5. The summed E-state index contributed by atoms with van der Waals surface area (Å²) < 4.78 is 0. The maximum atomic E-state index is 9.19. The zero-order chi connectivity index (χ0) is 15.4. The fraction of sp³-hybridized carbons (Fsp3) is 0.353. The van der Waals surface area contributed by atoms with Crippen LogP contribution in [0.5, 0.6) is 0 Å². The molecule has 2 aromatic heterocycles. The molecule has 0 radical (unpaired) electrons. The van der Waals surface area contributed by atoms with Crippen LogP contribution in [0.3, 0.4) is 0 Å². The SMILES string of the molecule is Cc1ccnc(NCC2CCN(c3ncccc3C#N)C2)c1. The van der Waals surface area contributed by atoms with Crippen molar-refractivity contribution in [1.82, 2.24) is 9.97 Å². The molecule has 5 nitrogen and oxygen atoms in total. The van der Waals surface area contributed by atoms with E-state index in [0.717, 1.165) is 37.7 Å². The topological polar surface area (TPSA) is 64.8 Å². The first-order valence-corrected chi connectivity index (χ1v) is 7.53. The molecule has 22 heavy (non-hydrogen) atoms. The Morgan fingerprint density at radius 2 is 2.27 bits per heavy atom. The van der Waals surface area contributed by atoms with E-state index >= 15 is 0 Å². The molecule has 0 aliphatic carbocycles. The first-order chi connectivity index (χ1) is 10.8. The van der Waals surface area contributed by atoms with Gasteiger partial charge in [-0.2, -0.15) is 5.26 Å². The molecule has 0 amide bonds. The number of hydrogen-bond acceptors (Lipinski definition) is 5. The molecule has 0 spiro atoms. The first-order valence-electron chi connectivity index (χ1n) is 7.53. The molecule has 3 rings (SSSR count). The second-order valence-corrected chi connectivity index (χ2v) is 5.69. The zero-order valence-electron chi connectivity index (χ0n) is 12.7. The van der Waals surface area contributed by atoms with Crippen LogP contribution >= 0.6 is 0 Å². The van der Waals surface area contributed by atoms with Crippen LogP contribution in [0, 0.1) is 24.2 Å². The number of aromatic nitrogens is 2. The lowest BCUT2D eigenvalue weighted by atomic mass is 10.1. The van der Waals surface area contributed by atoms with Crippen LogP contribution in [0.15, 0.2) is 36.7 Å². The van der Waals surface area contributed by atoms with E-state index in [1.165, 1.54) is 5.56 Å². The summed E-state index contributed by atoms with van der Waals surface area (Å²) in [7, 11) is 0. The van der Waals surface area contributed by atoms with Crippen molar-refractivity contribution in [2.75, 3.05) is 29.9 Å². The van der Waals surface area contributed by atoms with Gasteiger partial charge in [-0.25, -0.2) is 9.97 Å². The highest BCUT2D eigenvalue weighted by molar-refractivity contribution is 5.54. The molecule has 2 aromatic rings. The Bertz CT molecular complexity index is 691. The second kappa shape index (κ2) is 6.44. The van der Waals surface area contributed by atoms with Gasteiger partial charge in [0.1, 0.15) is 17.7 Å². The first kappa shape index (κ1) is 14.3. The van der Waals surface area contributed by atoms with Crippen LogP contribution in [0.1, 0.15) is 17.5 Å². The van der Waals surface area contributed by atoms with Crippen molar-refractivity contribution in [2.24, 2.45) is 5.92 Å². The highest BCUT2D eigenvalue weighted by atomic mass is 15.2. The molecule has 1 aliphatic rings. The van der Waals surface area contributed by atoms with Crippen LogP contribution in [-0.2, 0) is 0 Å². The third kappa shape index (κ3) is 3.17. The highest BCUT2D eigenvalue weighted by Gasteiger charge is 2.24. The molecule has 1 fully saturated rings. The third-order valence-electron chi connectivity index (χ3n) is 3.98. The highest BCUT2D eigenvalue weighted by Crippen LogP contribution is 2.24. The van der Waals surface area contributed by atoms with Crippen LogP contribution in [0.4, 0.5) is 11.6 Å². The Labute approximate surface area is 130 Å². The van der Waals surface area contributed by atoms with Gasteiger partial charge < -0.3 is 10.2 Å². The van der Waals surface area contributed by atoms with Gasteiger partial charge in [-0.1, -0.05) is 0 Å². The lowest BCUT2D eigenvalue weighted by Crippen LogP contribution is -2.24. The molecule has 0 aromatic carbocycles. The molecule has 0 saturated carbocycles. The summed E-state index contributed by atoms with van der Waals surface area (Å²) in [6.45, 7) is 4.82. The third-order valence-corrected chi connectivity index (χ3v) is 3.98. The van der Waals surface area contributed by atoms with Crippen molar-refractivity contribution in [3.63, 3.8) is 0 Å². The van der Waals surface area contributed by atoms with Gasteiger partial charge in [0, 0.05) is 32.0 Å². The number of nitrogens with one attached hydrogen (secondary N) is 1. The van der Waals surface area contributed by atoms with Gasteiger partial charge in [0.15, 0.2) is 0 Å². The number of aryl methyl sites for hydroxylation is 1. The van der Waals surface area contributed by atoms with Crippen LogP contribution in [0.2, 0.25) is 0 Å². The Balaban J connectivity index is 1.60. The summed E-state index contributed by atoms with van der Waals surface area (Å²) in [5.41, 5.74) is 1.86. The maximum absolute atomic E-state index is 9.19. The van der Waals surface area contributed by atoms with Crippen molar-refractivity contribution in [3.05, 3.63) is 47.8 Å². The molecule has 5 heteroatoms. The fourth-order valence-electron chi connectivity index (χ4n) is 2.81.